The number of aliphatic hydroxyl groups is 2. The third-order valence-electron chi connectivity index (χ3n) is 7.02. The molecule has 10 heteroatoms. The van der Waals surface area contributed by atoms with Crippen LogP contribution >= 0.6 is 11.6 Å². The summed E-state index contributed by atoms with van der Waals surface area (Å²) in [6.45, 7) is 1.23. The Bertz CT molecular complexity index is 1320. The molecule has 6 rings (SSSR count). The molecule has 0 radical (unpaired) electrons. The number of fused-ring (bicyclic) bond motifs is 2. The number of carbonyl (C=O) groups is 1. The number of nitrogens with one attached hydrogen (secondary N) is 1. The van der Waals surface area contributed by atoms with Gasteiger partial charge in [0.25, 0.3) is 0 Å². The summed E-state index contributed by atoms with van der Waals surface area (Å²) >= 11 is 6.59. The van der Waals surface area contributed by atoms with Crippen LogP contribution in [-0.4, -0.2) is 88.3 Å². The lowest BCUT2D eigenvalue weighted by molar-refractivity contribution is -0.133. The second-order valence-corrected chi connectivity index (χ2v) is 9.67. The Labute approximate surface area is 212 Å². The predicted octanol–water partition coefficient (Wildman–Crippen LogP) is 2.40. The normalized spacial score (nSPS) is 25.8. The van der Waals surface area contributed by atoms with Crippen LogP contribution in [0.1, 0.15) is 12.0 Å². The van der Waals surface area contributed by atoms with Gasteiger partial charge in [0.2, 0.25) is 5.91 Å². The summed E-state index contributed by atoms with van der Waals surface area (Å²) < 4.78 is 17.3. The molecule has 0 spiro atoms. The fourth-order valence-corrected chi connectivity index (χ4v) is 5.34. The molecule has 188 valence electrons. The van der Waals surface area contributed by atoms with Crippen molar-refractivity contribution in [2.24, 2.45) is 0 Å². The number of H-pyrrole nitrogens is 1. The lowest BCUT2D eigenvalue weighted by atomic mass is 9.97. The molecule has 0 saturated carbocycles. The van der Waals surface area contributed by atoms with E-state index < -0.39 is 12.7 Å². The van der Waals surface area contributed by atoms with Gasteiger partial charge in [-0.15, -0.1) is 0 Å². The number of carbonyl (C=O) groups excluding carboxylic acids is 1. The van der Waals surface area contributed by atoms with E-state index in [0.717, 1.165) is 28.6 Å². The van der Waals surface area contributed by atoms with Crippen LogP contribution in [0.2, 0.25) is 5.02 Å². The summed E-state index contributed by atoms with van der Waals surface area (Å²) in [5.74, 6) is 0.291. The third kappa shape index (κ3) is 4.27. The number of ether oxygens (including phenoxy) is 3. The molecule has 1 aromatic carbocycles. The number of nitrogens with zero attached hydrogens (tertiary/aromatic N) is 2. The Morgan fingerprint density at radius 2 is 1.94 bits per heavy atom. The number of rotatable bonds is 5. The topological polar surface area (TPSA) is 117 Å². The summed E-state index contributed by atoms with van der Waals surface area (Å²) in [6.07, 6.45) is 1.17. The quantitative estimate of drug-likeness (QED) is 0.481. The summed E-state index contributed by atoms with van der Waals surface area (Å²) in [4.78, 5) is 21.3. The number of pyridine rings is 1. The number of aromatic amines is 1. The number of benzene rings is 1. The Kier molecular flexibility index (Phi) is 6.18. The molecule has 36 heavy (non-hydrogen) atoms. The largest absolute Gasteiger partial charge is 0.470 e. The molecule has 2 saturated heterocycles. The predicted molar refractivity (Wildman–Crippen MR) is 133 cm³/mol. The molecule has 4 atom stereocenters. The van der Waals surface area contributed by atoms with E-state index >= 15 is 0 Å². The van der Waals surface area contributed by atoms with Crippen LogP contribution < -0.4 is 4.74 Å². The first-order valence-electron chi connectivity index (χ1n) is 12.0. The van der Waals surface area contributed by atoms with Gasteiger partial charge in [0.1, 0.15) is 24.9 Å². The molecule has 3 N–H and O–H groups in total. The lowest BCUT2D eigenvalue weighted by Gasteiger charge is -2.26. The first-order valence-corrected chi connectivity index (χ1v) is 12.3. The highest BCUT2D eigenvalue weighted by molar-refractivity contribution is 6.33. The molecule has 5 heterocycles. The van der Waals surface area contributed by atoms with E-state index in [9.17, 15) is 9.90 Å². The number of aliphatic hydroxyl groups excluding tert-OH is 2. The summed E-state index contributed by atoms with van der Waals surface area (Å²) in [5.41, 5.74) is 5.30. The van der Waals surface area contributed by atoms with Crippen molar-refractivity contribution in [3.8, 4) is 17.1 Å². The van der Waals surface area contributed by atoms with Gasteiger partial charge in [-0.25, -0.2) is 4.98 Å². The summed E-state index contributed by atoms with van der Waals surface area (Å²) in [5, 5.41) is 19.5. The van der Waals surface area contributed by atoms with Crippen molar-refractivity contribution in [3.63, 3.8) is 0 Å². The molecule has 3 aromatic rings. The van der Waals surface area contributed by atoms with Crippen LogP contribution in [0, 0.1) is 0 Å². The van der Waals surface area contributed by atoms with Crippen LogP contribution in [0.4, 0.5) is 0 Å². The first kappa shape index (κ1) is 23.4. The zero-order valence-corrected chi connectivity index (χ0v) is 20.1. The van der Waals surface area contributed by atoms with Gasteiger partial charge in [0.05, 0.1) is 35.0 Å². The molecular formula is C26H26ClN3O6. The van der Waals surface area contributed by atoms with E-state index in [2.05, 4.69) is 4.98 Å². The van der Waals surface area contributed by atoms with Crippen molar-refractivity contribution >= 4 is 34.1 Å². The van der Waals surface area contributed by atoms with E-state index in [1.54, 1.807) is 4.90 Å². The summed E-state index contributed by atoms with van der Waals surface area (Å²) in [6, 6.07) is 11.7. The van der Waals surface area contributed by atoms with Gasteiger partial charge < -0.3 is 34.3 Å². The number of hydrogen-bond donors (Lipinski definition) is 3. The van der Waals surface area contributed by atoms with Gasteiger partial charge in [-0.3, -0.25) is 4.79 Å². The second-order valence-electron chi connectivity index (χ2n) is 9.26. The van der Waals surface area contributed by atoms with Crippen molar-refractivity contribution < 1.29 is 29.2 Å². The van der Waals surface area contributed by atoms with Crippen molar-refractivity contribution in [2.75, 3.05) is 32.9 Å². The molecule has 1 amide bonds. The lowest BCUT2D eigenvalue weighted by Crippen LogP contribution is -2.36. The maximum atomic E-state index is 11.7. The Morgan fingerprint density at radius 1 is 1.17 bits per heavy atom. The number of aromatic nitrogens is 2. The SMILES string of the molecule is O=C(CO)N1CC=C(c2ccc(-c3nc4cc(O[C@@H]5COC6[C@H](O)CO[C@@H]65)[nH]c4cc3Cl)cc2)CC1. The fraction of sp³-hybridized carbons (Fsp3) is 0.385. The fourth-order valence-electron chi connectivity index (χ4n) is 5.08. The minimum atomic E-state index is -0.625. The van der Waals surface area contributed by atoms with Gasteiger partial charge >= 0.3 is 0 Å². The van der Waals surface area contributed by atoms with Crippen molar-refractivity contribution in [1.82, 2.24) is 14.9 Å². The summed E-state index contributed by atoms with van der Waals surface area (Å²) in [7, 11) is 0. The van der Waals surface area contributed by atoms with Crippen LogP contribution in [0.3, 0.4) is 0 Å². The maximum Gasteiger partial charge on any atom is 0.248 e. The molecule has 3 aliphatic rings. The van der Waals surface area contributed by atoms with Crippen LogP contribution in [0.25, 0.3) is 27.9 Å². The molecule has 3 aliphatic heterocycles. The van der Waals surface area contributed by atoms with E-state index in [0.29, 0.717) is 36.3 Å². The zero-order valence-electron chi connectivity index (χ0n) is 19.4. The molecule has 1 unspecified atom stereocenters. The highest BCUT2D eigenvalue weighted by atomic mass is 35.5. The third-order valence-corrected chi connectivity index (χ3v) is 7.31. The van der Waals surface area contributed by atoms with E-state index in [4.69, 9.17) is 35.9 Å². The monoisotopic (exact) mass is 511 g/mol. The second kappa shape index (κ2) is 9.49. The molecule has 0 aliphatic carbocycles. The van der Waals surface area contributed by atoms with Gasteiger partial charge in [0, 0.05) is 24.7 Å². The van der Waals surface area contributed by atoms with Crippen molar-refractivity contribution in [3.05, 3.63) is 53.1 Å². The molecule has 9 nitrogen and oxygen atoms in total. The van der Waals surface area contributed by atoms with E-state index in [1.165, 1.54) is 5.57 Å². The zero-order chi connectivity index (χ0) is 24.8. The van der Waals surface area contributed by atoms with Crippen LogP contribution in [0.15, 0.2) is 42.5 Å². The average Bonchev–Trinajstić information content (AvgIpc) is 3.60. The van der Waals surface area contributed by atoms with Gasteiger partial charge in [-0.1, -0.05) is 41.9 Å². The number of halogens is 1. The minimum absolute atomic E-state index is 0.249. The molecule has 2 fully saturated rings. The van der Waals surface area contributed by atoms with Gasteiger partial charge in [0.15, 0.2) is 12.0 Å². The number of amides is 1. The van der Waals surface area contributed by atoms with Crippen LogP contribution in [-0.2, 0) is 14.3 Å². The van der Waals surface area contributed by atoms with E-state index in [-0.39, 0.29) is 30.8 Å². The standard InChI is InChI=1S/C26H26ClN3O6/c27-17-9-18-19(10-22(28-18)36-21-13-35-25-20(32)12-34-26(21)25)29-24(17)16-3-1-14(2-4-16)15-5-7-30(8-6-15)23(33)11-31/h1-5,9-10,20-21,25-26,28,31-32H,6-8,11-13H2/t20-,21-,25?,26-/m1/s1. The van der Waals surface area contributed by atoms with Crippen LogP contribution in [0.5, 0.6) is 5.88 Å². The maximum absolute atomic E-state index is 11.7. The van der Waals surface area contributed by atoms with Crippen molar-refractivity contribution in [2.45, 2.75) is 30.8 Å². The minimum Gasteiger partial charge on any atom is -0.470 e. The highest BCUT2D eigenvalue weighted by Gasteiger charge is 2.48. The smallest absolute Gasteiger partial charge is 0.248 e. The molecule has 0 bridgehead atoms. The van der Waals surface area contributed by atoms with Gasteiger partial charge in [-0.2, -0.15) is 0 Å². The highest BCUT2D eigenvalue weighted by Crippen LogP contribution is 2.34. The Morgan fingerprint density at radius 3 is 2.69 bits per heavy atom. The van der Waals surface area contributed by atoms with Gasteiger partial charge in [-0.05, 0) is 23.6 Å². The van der Waals surface area contributed by atoms with E-state index in [1.807, 2.05) is 42.5 Å². The Hall–Kier alpha value is -2.95. The van der Waals surface area contributed by atoms with Crippen molar-refractivity contribution in [1.29, 1.82) is 0 Å². The average molecular weight is 512 g/mol. The Balaban J connectivity index is 1.19. The molecule has 2 aromatic heterocycles. The molecular weight excluding hydrogens is 486 g/mol. The first-order chi connectivity index (χ1) is 17.5. The number of hydrogen-bond acceptors (Lipinski definition) is 7.